The maximum atomic E-state index is 13.8. The second-order valence-electron chi connectivity index (χ2n) is 9.90. The average molecular weight is 410 g/mol. The molecule has 4 saturated carbocycles. The number of hydrogen-bond donors (Lipinski definition) is 2. The van der Waals surface area contributed by atoms with Crippen LogP contribution in [-0.4, -0.2) is 44.7 Å². The van der Waals surface area contributed by atoms with E-state index < -0.39 is 11.9 Å². The molecular formula is C21H29F3N4O. The van der Waals surface area contributed by atoms with Crippen LogP contribution in [0.2, 0.25) is 0 Å². The molecule has 5 aliphatic rings. The fourth-order valence-corrected chi connectivity index (χ4v) is 6.65. The van der Waals surface area contributed by atoms with Crippen LogP contribution in [0.1, 0.15) is 62.6 Å². The SMILES string of the molecule is OC1CCN(Cc2cnc(NC34CC5CC(CC(C5)C3)C4)nc2C(F)(F)F)CC1. The van der Waals surface area contributed by atoms with E-state index in [9.17, 15) is 18.3 Å². The molecule has 1 aromatic heterocycles. The lowest BCUT2D eigenvalue weighted by molar-refractivity contribution is -0.142. The molecule has 5 nitrogen and oxygen atoms in total. The summed E-state index contributed by atoms with van der Waals surface area (Å²) in [6.45, 7) is 1.34. The minimum Gasteiger partial charge on any atom is -0.393 e. The fraction of sp³-hybridized carbons (Fsp3) is 0.810. The zero-order valence-electron chi connectivity index (χ0n) is 16.6. The number of alkyl halides is 3. The van der Waals surface area contributed by atoms with Crippen LogP contribution in [0.15, 0.2) is 6.20 Å². The summed E-state index contributed by atoms with van der Waals surface area (Å²) in [5.41, 5.74) is -0.835. The summed E-state index contributed by atoms with van der Waals surface area (Å²) in [6.07, 6.45) is 4.59. The zero-order valence-corrected chi connectivity index (χ0v) is 16.6. The standard InChI is InChI=1S/C21H29F3N4O/c22-21(23,24)18-16(12-28-3-1-17(29)2-4-28)11-25-19(26-18)27-20-8-13-5-14(9-20)7-15(6-13)10-20/h11,13-15,17,29H,1-10,12H2,(H,25,26,27). The maximum Gasteiger partial charge on any atom is 0.433 e. The number of rotatable bonds is 4. The summed E-state index contributed by atoms with van der Waals surface area (Å²) in [6, 6.07) is 0. The summed E-state index contributed by atoms with van der Waals surface area (Å²) < 4.78 is 41.3. The number of piperidine rings is 1. The minimum atomic E-state index is -4.51. The van der Waals surface area contributed by atoms with E-state index in [4.69, 9.17) is 0 Å². The molecule has 0 unspecified atom stereocenters. The van der Waals surface area contributed by atoms with Gasteiger partial charge < -0.3 is 10.4 Å². The van der Waals surface area contributed by atoms with Gasteiger partial charge >= 0.3 is 6.18 Å². The molecule has 1 saturated heterocycles. The predicted octanol–water partition coefficient (Wildman–Crippen LogP) is 3.83. The van der Waals surface area contributed by atoms with Gasteiger partial charge in [-0.1, -0.05) is 0 Å². The van der Waals surface area contributed by atoms with Gasteiger partial charge in [0.1, 0.15) is 0 Å². The topological polar surface area (TPSA) is 61.3 Å². The lowest BCUT2D eigenvalue weighted by Crippen LogP contribution is -2.55. The number of anilines is 1. The lowest BCUT2D eigenvalue weighted by atomic mass is 9.53. The van der Waals surface area contributed by atoms with E-state index in [1.807, 2.05) is 4.90 Å². The molecule has 0 amide bonds. The van der Waals surface area contributed by atoms with E-state index in [2.05, 4.69) is 15.3 Å². The van der Waals surface area contributed by atoms with Crippen molar-refractivity contribution in [3.8, 4) is 0 Å². The Bertz CT molecular complexity index is 725. The Morgan fingerprint density at radius 1 is 1.07 bits per heavy atom. The second-order valence-corrected chi connectivity index (χ2v) is 9.90. The van der Waals surface area contributed by atoms with Crippen molar-refractivity contribution in [2.75, 3.05) is 18.4 Å². The van der Waals surface area contributed by atoms with Gasteiger partial charge in [0.2, 0.25) is 5.95 Å². The Hall–Kier alpha value is -1.41. The molecule has 2 heterocycles. The van der Waals surface area contributed by atoms with E-state index in [1.54, 1.807) is 0 Å². The van der Waals surface area contributed by atoms with Gasteiger partial charge in [-0.05, 0) is 69.1 Å². The molecule has 0 spiro atoms. The number of hydrogen-bond acceptors (Lipinski definition) is 5. The predicted molar refractivity (Wildman–Crippen MR) is 102 cm³/mol. The van der Waals surface area contributed by atoms with Crippen molar-refractivity contribution in [3.63, 3.8) is 0 Å². The summed E-state index contributed by atoms with van der Waals surface area (Å²) in [5, 5.41) is 13.0. The number of nitrogens with one attached hydrogen (secondary N) is 1. The summed E-state index contributed by atoms with van der Waals surface area (Å²) >= 11 is 0. The number of aliphatic hydroxyl groups is 1. The monoisotopic (exact) mass is 410 g/mol. The van der Waals surface area contributed by atoms with Gasteiger partial charge in [0.05, 0.1) is 6.10 Å². The van der Waals surface area contributed by atoms with Crippen molar-refractivity contribution in [2.24, 2.45) is 17.8 Å². The van der Waals surface area contributed by atoms with Gasteiger partial charge in [-0.15, -0.1) is 0 Å². The molecule has 1 aliphatic heterocycles. The van der Waals surface area contributed by atoms with Crippen molar-refractivity contribution < 1.29 is 18.3 Å². The molecule has 0 radical (unpaired) electrons. The van der Waals surface area contributed by atoms with Gasteiger partial charge in [-0.3, -0.25) is 4.90 Å². The number of halogens is 3. The number of nitrogens with zero attached hydrogens (tertiary/aromatic N) is 3. The van der Waals surface area contributed by atoms with Crippen molar-refractivity contribution in [1.82, 2.24) is 14.9 Å². The van der Waals surface area contributed by atoms with E-state index in [0.717, 1.165) is 19.3 Å². The lowest BCUT2D eigenvalue weighted by Gasteiger charge is -2.56. The van der Waals surface area contributed by atoms with Crippen LogP contribution in [0.5, 0.6) is 0 Å². The Balaban J connectivity index is 1.36. The Kier molecular flexibility index (Phi) is 4.77. The molecule has 8 heteroatoms. The Morgan fingerprint density at radius 2 is 1.66 bits per heavy atom. The minimum absolute atomic E-state index is 0.116. The second kappa shape index (κ2) is 7.08. The quantitative estimate of drug-likeness (QED) is 0.790. The zero-order chi connectivity index (χ0) is 20.2. The molecule has 5 fully saturated rings. The fourth-order valence-electron chi connectivity index (χ4n) is 6.65. The van der Waals surface area contributed by atoms with E-state index in [-0.39, 0.29) is 29.7 Å². The Labute approximate surface area is 169 Å². The highest BCUT2D eigenvalue weighted by Crippen LogP contribution is 2.56. The molecule has 1 aromatic rings. The van der Waals surface area contributed by atoms with E-state index in [1.165, 1.54) is 25.5 Å². The molecule has 0 atom stereocenters. The molecule has 0 aromatic carbocycles. The molecular weight excluding hydrogens is 381 g/mol. The number of aliphatic hydroxyl groups excluding tert-OH is 1. The highest BCUT2D eigenvalue weighted by atomic mass is 19.4. The molecule has 6 rings (SSSR count). The van der Waals surface area contributed by atoms with Crippen molar-refractivity contribution in [3.05, 3.63) is 17.5 Å². The molecule has 4 aliphatic carbocycles. The first kappa shape index (κ1) is 19.5. The maximum absolute atomic E-state index is 13.8. The number of likely N-dealkylation sites (tertiary alicyclic amines) is 1. The van der Waals surface area contributed by atoms with Gasteiger partial charge in [-0.2, -0.15) is 13.2 Å². The first-order chi connectivity index (χ1) is 13.8. The van der Waals surface area contributed by atoms with Crippen LogP contribution in [0.25, 0.3) is 0 Å². The van der Waals surface area contributed by atoms with Crippen LogP contribution in [0, 0.1) is 17.8 Å². The van der Waals surface area contributed by atoms with Gasteiger partial charge in [0.25, 0.3) is 0 Å². The Morgan fingerprint density at radius 3 is 2.21 bits per heavy atom. The summed E-state index contributed by atoms with van der Waals surface area (Å²) in [4.78, 5) is 10.2. The van der Waals surface area contributed by atoms with Crippen LogP contribution in [0.4, 0.5) is 19.1 Å². The summed E-state index contributed by atoms with van der Waals surface area (Å²) in [5.74, 6) is 2.22. The highest BCUT2D eigenvalue weighted by molar-refractivity contribution is 5.36. The van der Waals surface area contributed by atoms with Gasteiger partial charge in [0.15, 0.2) is 5.69 Å². The third-order valence-corrected chi connectivity index (χ3v) is 7.50. The van der Waals surface area contributed by atoms with Crippen molar-refractivity contribution in [2.45, 2.75) is 75.7 Å². The first-order valence-corrected chi connectivity index (χ1v) is 10.9. The van der Waals surface area contributed by atoms with Crippen LogP contribution in [-0.2, 0) is 12.7 Å². The first-order valence-electron chi connectivity index (χ1n) is 10.9. The molecule has 4 bridgehead atoms. The van der Waals surface area contributed by atoms with E-state index in [0.29, 0.717) is 43.7 Å². The van der Waals surface area contributed by atoms with Crippen LogP contribution < -0.4 is 5.32 Å². The van der Waals surface area contributed by atoms with Crippen molar-refractivity contribution >= 4 is 5.95 Å². The number of aromatic nitrogens is 2. The smallest absolute Gasteiger partial charge is 0.393 e. The highest BCUT2D eigenvalue weighted by Gasteiger charge is 2.51. The average Bonchev–Trinajstić information content (AvgIpc) is 2.62. The third kappa shape index (κ3) is 3.98. The van der Waals surface area contributed by atoms with Crippen LogP contribution >= 0.6 is 0 Å². The summed E-state index contributed by atoms with van der Waals surface area (Å²) in [7, 11) is 0. The molecule has 29 heavy (non-hydrogen) atoms. The molecule has 160 valence electrons. The molecule has 2 N–H and O–H groups in total. The van der Waals surface area contributed by atoms with Gasteiger partial charge in [-0.25, -0.2) is 9.97 Å². The third-order valence-electron chi connectivity index (χ3n) is 7.50. The van der Waals surface area contributed by atoms with E-state index >= 15 is 0 Å². The largest absolute Gasteiger partial charge is 0.433 e. The van der Waals surface area contributed by atoms with Crippen LogP contribution in [0.3, 0.4) is 0 Å². The van der Waals surface area contributed by atoms with Crippen molar-refractivity contribution in [1.29, 1.82) is 0 Å². The normalized spacial score (nSPS) is 35.2. The van der Waals surface area contributed by atoms with Gasteiger partial charge in [0, 0.05) is 36.9 Å².